The van der Waals surface area contributed by atoms with Gasteiger partial charge in [0.05, 0.1) is 16.8 Å². The normalized spacial score (nSPS) is 13.2. The zero-order valence-corrected chi connectivity index (χ0v) is 12.4. The number of sulfone groups is 1. The largest absolute Gasteiger partial charge is 0.391 e. The van der Waals surface area contributed by atoms with E-state index in [1.165, 1.54) is 0 Å². The van der Waals surface area contributed by atoms with Gasteiger partial charge in [0, 0.05) is 12.2 Å². The van der Waals surface area contributed by atoms with E-state index >= 15 is 0 Å². The number of nitrogens with one attached hydrogen (secondary N) is 1. The molecule has 1 aromatic carbocycles. The van der Waals surface area contributed by atoms with E-state index in [9.17, 15) is 13.5 Å². The van der Waals surface area contributed by atoms with Crippen LogP contribution in [0, 0.1) is 0 Å². The summed E-state index contributed by atoms with van der Waals surface area (Å²) in [6.07, 6.45) is 1.95. The van der Waals surface area contributed by atoms with Crippen molar-refractivity contribution in [2.45, 2.75) is 44.1 Å². The van der Waals surface area contributed by atoms with Gasteiger partial charge in [-0.2, -0.15) is 0 Å². The summed E-state index contributed by atoms with van der Waals surface area (Å²) in [5, 5.41) is 12.7. The molecular weight excluding hydrogens is 262 g/mol. The van der Waals surface area contributed by atoms with Crippen LogP contribution in [0.25, 0.3) is 0 Å². The van der Waals surface area contributed by atoms with Crippen molar-refractivity contribution in [1.82, 2.24) is 0 Å². The number of rotatable bonds is 8. The number of hydrogen-bond acceptors (Lipinski definition) is 4. The van der Waals surface area contributed by atoms with Crippen LogP contribution in [-0.4, -0.2) is 31.9 Å². The van der Waals surface area contributed by atoms with Crippen molar-refractivity contribution in [2.24, 2.45) is 0 Å². The second-order valence-electron chi connectivity index (χ2n) is 4.67. The average Bonchev–Trinajstić information content (AvgIpc) is 2.37. The van der Waals surface area contributed by atoms with E-state index in [-0.39, 0.29) is 11.9 Å². The van der Waals surface area contributed by atoms with Gasteiger partial charge in [0.1, 0.15) is 0 Å². The second-order valence-corrected chi connectivity index (χ2v) is 6.78. The third kappa shape index (κ3) is 5.20. The standard InChI is InChI=1S/C14H23NO3S/c1-3-5-13(16)11-15-12-6-8-14(9-7-12)19(17,18)10-4-2/h6-9,13,15-16H,3-5,10-11H2,1-2H3. The summed E-state index contributed by atoms with van der Waals surface area (Å²) in [5.74, 6) is 0.176. The van der Waals surface area contributed by atoms with Gasteiger partial charge in [-0.1, -0.05) is 20.3 Å². The van der Waals surface area contributed by atoms with Gasteiger partial charge in [-0.05, 0) is 37.1 Å². The van der Waals surface area contributed by atoms with Gasteiger partial charge in [0.25, 0.3) is 0 Å². The average molecular weight is 285 g/mol. The number of anilines is 1. The zero-order valence-electron chi connectivity index (χ0n) is 11.6. The molecule has 1 atom stereocenters. The molecule has 0 aliphatic rings. The second kappa shape index (κ2) is 7.50. The highest BCUT2D eigenvalue weighted by atomic mass is 32.2. The Hall–Kier alpha value is -1.07. The molecule has 0 saturated carbocycles. The highest BCUT2D eigenvalue weighted by Gasteiger charge is 2.12. The van der Waals surface area contributed by atoms with E-state index in [4.69, 9.17) is 0 Å². The molecule has 0 aliphatic heterocycles. The monoisotopic (exact) mass is 285 g/mol. The van der Waals surface area contributed by atoms with E-state index in [0.29, 0.717) is 17.9 Å². The van der Waals surface area contributed by atoms with Crippen molar-refractivity contribution < 1.29 is 13.5 Å². The fourth-order valence-electron chi connectivity index (χ4n) is 1.84. The Kier molecular flexibility index (Phi) is 6.31. The fourth-order valence-corrected chi connectivity index (χ4v) is 3.16. The molecule has 19 heavy (non-hydrogen) atoms. The maximum absolute atomic E-state index is 11.8. The summed E-state index contributed by atoms with van der Waals surface area (Å²) in [4.78, 5) is 0.356. The van der Waals surface area contributed by atoms with Gasteiger partial charge in [-0.15, -0.1) is 0 Å². The molecule has 1 unspecified atom stereocenters. The molecule has 0 aliphatic carbocycles. The van der Waals surface area contributed by atoms with E-state index in [1.807, 2.05) is 13.8 Å². The highest BCUT2D eigenvalue weighted by Crippen LogP contribution is 2.16. The number of aliphatic hydroxyl groups is 1. The van der Waals surface area contributed by atoms with Crippen LogP contribution >= 0.6 is 0 Å². The molecule has 0 amide bonds. The minimum Gasteiger partial charge on any atom is -0.391 e. The summed E-state index contributed by atoms with van der Waals surface area (Å²) in [5.41, 5.74) is 0.825. The summed E-state index contributed by atoms with van der Waals surface area (Å²) in [6.45, 7) is 4.36. The third-order valence-corrected chi connectivity index (χ3v) is 4.79. The Morgan fingerprint density at radius 2 is 1.79 bits per heavy atom. The Labute approximate surface area is 115 Å². The highest BCUT2D eigenvalue weighted by molar-refractivity contribution is 7.91. The predicted octanol–water partition coefficient (Wildman–Crippen LogP) is 2.44. The Balaban J connectivity index is 2.62. The maximum atomic E-state index is 11.8. The summed E-state index contributed by atoms with van der Waals surface area (Å²) >= 11 is 0. The molecule has 2 N–H and O–H groups in total. The minimum absolute atomic E-state index is 0.176. The van der Waals surface area contributed by atoms with Crippen molar-refractivity contribution in [3.63, 3.8) is 0 Å². The van der Waals surface area contributed by atoms with Crippen molar-refractivity contribution >= 4 is 15.5 Å². The molecule has 0 fully saturated rings. The first kappa shape index (κ1) is 16.0. The molecule has 0 spiro atoms. The van der Waals surface area contributed by atoms with Crippen LogP contribution in [0.4, 0.5) is 5.69 Å². The van der Waals surface area contributed by atoms with E-state index in [0.717, 1.165) is 18.5 Å². The van der Waals surface area contributed by atoms with Crippen molar-refractivity contribution in [2.75, 3.05) is 17.6 Å². The van der Waals surface area contributed by atoms with Gasteiger partial charge >= 0.3 is 0 Å². The predicted molar refractivity (Wildman–Crippen MR) is 78.2 cm³/mol. The van der Waals surface area contributed by atoms with Gasteiger partial charge in [0.2, 0.25) is 0 Å². The van der Waals surface area contributed by atoms with Crippen LogP contribution in [0.1, 0.15) is 33.1 Å². The van der Waals surface area contributed by atoms with Crippen LogP contribution in [0.2, 0.25) is 0 Å². The van der Waals surface area contributed by atoms with E-state index in [1.54, 1.807) is 24.3 Å². The molecule has 1 rings (SSSR count). The van der Waals surface area contributed by atoms with Gasteiger partial charge < -0.3 is 10.4 Å². The van der Waals surface area contributed by atoms with Crippen molar-refractivity contribution in [1.29, 1.82) is 0 Å². The van der Waals surface area contributed by atoms with Crippen LogP contribution in [0.5, 0.6) is 0 Å². The lowest BCUT2D eigenvalue weighted by Crippen LogP contribution is -2.19. The lowest BCUT2D eigenvalue weighted by atomic mass is 10.2. The Morgan fingerprint density at radius 3 is 2.32 bits per heavy atom. The number of benzene rings is 1. The smallest absolute Gasteiger partial charge is 0.178 e. The van der Waals surface area contributed by atoms with E-state index in [2.05, 4.69) is 5.32 Å². The summed E-state index contributed by atoms with van der Waals surface area (Å²) in [7, 11) is -3.14. The minimum atomic E-state index is -3.14. The van der Waals surface area contributed by atoms with Crippen LogP contribution in [0.3, 0.4) is 0 Å². The molecule has 5 heteroatoms. The van der Waals surface area contributed by atoms with Gasteiger partial charge in [0.15, 0.2) is 9.84 Å². The molecule has 108 valence electrons. The Bertz CT molecular complexity index is 468. The lowest BCUT2D eigenvalue weighted by molar-refractivity contribution is 0.176. The molecule has 0 bridgehead atoms. The molecule has 0 radical (unpaired) electrons. The topological polar surface area (TPSA) is 66.4 Å². The lowest BCUT2D eigenvalue weighted by Gasteiger charge is -2.12. The SMILES string of the molecule is CCCC(O)CNc1ccc(S(=O)(=O)CCC)cc1. The fraction of sp³-hybridized carbons (Fsp3) is 0.571. The summed E-state index contributed by atoms with van der Waals surface area (Å²) in [6, 6.07) is 6.70. The first-order valence-electron chi connectivity index (χ1n) is 6.74. The zero-order chi connectivity index (χ0) is 14.3. The van der Waals surface area contributed by atoms with Crippen molar-refractivity contribution in [3.8, 4) is 0 Å². The Morgan fingerprint density at radius 1 is 1.16 bits per heavy atom. The number of hydrogen-bond donors (Lipinski definition) is 2. The van der Waals surface area contributed by atoms with Crippen LogP contribution in [0.15, 0.2) is 29.2 Å². The third-order valence-electron chi connectivity index (χ3n) is 2.85. The molecule has 0 heterocycles. The number of aliphatic hydroxyl groups excluding tert-OH is 1. The molecule has 1 aromatic rings. The van der Waals surface area contributed by atoms with Crippen LogP contribution < -0.4 is 5.32 Å². The van der Waals surface area contributed by atoms with Crippen molar-refractivity contribution in [3.05, 3.63) is 24.3 Å². The van der Waals surface area contributed by atoms with Gasteiger partial charge in [-0.25, -0.2) is 8.42 Å². The first-order chi connectivity index (χ1) is 8.99. The maximum Gasteiger partial charge on any atom is 0.178 e. The first-order valence-corrected chi connectivity index (χ1v) is 8.39. The van der Waals surface area contributed by atoms with Crippen LogP contribution in [-0.2, 0) is 9.84 Å². The molecule has 0 aromatic heterocycles. The van der Waals surface area contributed by atoms with E-state index < -0.39 is 9.84 Å². The van der Waals surface area contributed by atoms with Gasteiger partial charge in [-0.3, -0.25) is 0 Å². The summed E-state index contributed by atoms with van der Waals surface area (Å²) < 4.78 is 23.7. The quantitative estimate of drug-likeness (QED) is 0.770. The molecular formula is C14H23NO3S. The molecule has 0 saturated heterocycles. The molecule has 4 nitrogen and oxygen atoms in total.